The van der Waals surface area contributed by atoms with Gasteiger partial charge in [0.15, 0.2) is 5.82 Å². The molecule has 0 N–H and O–H groups in total. The van der Waals surface area contributed by atoms with Gasteiger partial charge in [0.1, 0.15) is 6.10 Å². The largest absolute Gasteiger partial charge is 0.470 e. The van der Waals surface area contributed by atoms with Crippen LogP contribution in [0.25, 0.3) is 0 Å². The number of hydrogen-bond donors (Lipinski definition) is 0. The van der Waals surface area contributed by atoms with E-state index in [9.17, 15) is 8.42 Å². The molecule has 0 unspecified atom stereocenters. The first-order valence-corrected chi connectivity index (χ1v) is 10.0. The van der Waals surface area contributed by atoms with Gasteiger partial charge in [-0.1, -0.05) is 0 Å². The third-order valence-corrected chi connectivity index (χ3v) is 6.19. The van der Waals surface area contributed by atoms with Crippen LogP contribution >= 0.6 is 0 Å². The predicted octanol–water partition coefficient (Wildman–Crippen LogP) is 1.65. The van der Waals surface area contributed by atoms with E-state index in [1.165, 1.54) is 28.6 Å². The fraction of sp³-hybridized carbons (Fsp3) is 0.389. The van der Waals surface area contributed by atoms with E-state index < -0.39 is 10.0 Å². The van der Waals surface area contributed by atoms with E-state index in [1.807, 2.05) is 20.2 Å². The quantitative estimate of drug-likeness (QED) is 0.769. The van der Waals surface area contributed by atoms with E-state index in [0.717, 1.165) is 6.42 Å². The topological polar surface area (TPSA) is 99.4 Å². The summed E-state index contributed by atoms with van der Waals surface area (Å²) in [5, 5.41) is 8.88. The van der Waals surface area contributed by atoms with Crippen molar-refractivity contribution < 1.29 is 13.2 Å². The van der Waals surface area contributed by atoms with Gasteiger partial charge in [-0.25, -0.2) is 18.4 Å². The van der Waals surface area contributed by atoms with E-state index in [2.05, 4.69) is 9.97 Å². The lowest BCUT2D eigenvalue weighted by Crippen LogP contribution is -2.44. The highest BCUT2D eigenvalue weighted by Gasteiger charge is 2.32. The second-order valence-electron chi connectivity index (χ2n) is 6.46. The van der Waals surface area contributed by atoms with Gasteiger partial charge < -0.3 is 9.64 Å². The van der Waals surface area contributed by atoms with Gasteiger partial charge in [0.2, 0.25) is 10.0 Å². The zero-order chi connectivity index (χ0) is 19.4. The lowest BCUT2D eigenvalue weighted by molar-refractivity contribution is 0.125. The van der Waals surface area contributed by atoms with Crippen LogP contribution in [0, 0.1) is 11.3 Å². The second-order valence-corrected chi connectivity index (χ2v) is 8.40. The van der Waals surface area contributed by atoms with Crippen LogP contribution in [0.3, 0.4) is 0 Å². The Balaban J connectivity index is 1.77. The summed E-state index contributed by atoms with van der Waals surface area (Å²) in [6.45, 7) is 0.676. The Morgan fingerprint density at radius 2 is 1.93 bits per heavy atom. The zero-order valence-electron chi connectivity index (χ0n) is 15.2. The first kappa shape index (κ1) is 19.1. The van der Waals surface area contributed by atoms with Gasteiger partial charge in [-0.05, 0) is 37.1 Å². The van der Waals surface area contributed by atoms with Gasteiger partial charge in [-0.15, -0.1) is 0 Å². The van der Waals surface area contributed by atoms with Crippen molar-refractivity contribution >= 4 is 15.8 Å². The maximum absolute atomic E-state index is 12.9. The Labute approximate surface area is 159 Å². The first-order valence-electron chi connectivity index (χ1n) is 8.57. The van der Waals surface area contributed by atoms with Crippen LogP contribution < -0.4 is 9.64 Å². The van der Waals surface area contributed by atoms with Gasteiger partial charge in [-0.3, -0.25) is 0 Å². The Morgan fingerprint density at radius 3 is 2.59 bits per heavy atom. The molecule has 8 nitrogen and oxygen atoms in total. The van der Waals surface area contributed by atoms with Gasteiger partial charge >= 0.3 is 0 Å². The molecular weight excluding hydrogens is 366 g/mol. The van der Waals surface area contributed by atoms with Crippen LogP contribution in [0.15, 0.2) is 41.6 Å². The molecule has 2 aromatic rings. The van der Waals surface area contributed by atoms with Crippen molar-refractivity contribution in [3.05, 3.63) is 42.2 Å². The van der Waals surface area contributed by atoms with Crippen molar-refractivity contribution in [1.82, 2.24) is 14.3 Å². The molecule has 9 heteroatoms. The lowest BCUT2D eigenvalue weighted by Gasteiger charge is -2.32. The minimum absolute atomic E-state index is 0.177. The molecule has 2 heterocycles. The number of nitriles is 1. The molecule has 1 aliphatic heterocycles. The van der Waals surface area contributed by atoms with Crippen LogP contribution in [0.1, 0.15) is 18.4 Å². The molecule has 1 fully saturated rings. The van der Waals surface area contributed by atoms with Crippen molar-refractivity contribution in [3.8, 4) is 11.9 Å². The first-order chi connectivity index (χ1) is 12.9. The van der Waals surface area contributed by atoms with Crippen LogP contribution in [0.2, 0.25) is 0 Å². The van der Waals surface area contributed by atoms with Gasteiger partial charge in [0.05, 0.1) is 23.1 Å². The normalized spacial score (nSPS) is 17.9. The van der Waals surface area contributed by atoms with Gasteiger partial charge in [-0.2, -0.15) is 9.57 Å². The van der Waals surface area contributed by atoms with Crippen LogP contribution in [-0.2, 0) is 10.0 Å². The number of benzene rings is 1. The minimum atomic E-state index is -3.64. The van der Waals surface area contributed by atoms with Crippen molar-refractivity contribution in [2.45, 2.75) is 23.8 Å². The van der Waals surface area contributed by atoms with E-state index in [-0.39, 0.29) is 17.5 Å². The van der Waals surface area contributed by atoms with Crippen LogP contribution in [0.4, 0.5) is 5.82 Å². The number of anilines is 1. The van der Waals surface area contributed by atoms with Gasteiger partial charge in [0.25, 0.3) is 5.88 Å². The Morgan fingerprint density at radius 1 is 1.22 bits per heavy atom. The zero-order valence-corrected chi connectivity index (χ0v) is 16.1. The fourth-order valence-electron chi connectivity index (χ4n) is 2.94. The standard InChI is InChI=1S/C18H21N5O3S/c1-22(2)17-18(21-10-9-20-17)26-15-4-3-11-23(13-15)27(24,25)16-7-5-14(12-19)6-8-16/h5-10,15H,3-4,11,13H2,1-2H3/t15-/m0/s1. The number of hydrogen-bond acceptors (Lipinski definition) is 7. The molecule has 0 radical (unpaired) electrons. The SMILES string of the molecule is CN(C)c1nccnc1O[C@H]1CCCN(S(=O)(=O)c2ccc(C#N)cc2)C1. The van der Waals surface area contributed by atoms with E-state index >= 15 is 0 Å². The summed E-state index contributed by atoms with van der Waals surface area (Å²) in [7, 11) is 0.0521. The van der Waals surface area contributed by atoms with Crippen LogP contribution in [-0.4, -0.2) is 56.0 Å². The molecule has 1 saturated heterocycles. The molecule has 0 amide bonds. The molecule has 0 saturated carbocycles. The molecular formula is C18H21N5O3S. The summed E-state index contributed by atoms with van der Waals surface area (Å²) in [6, 6.07) is 7.93. The number of aromatic nitrogens is 2. The van der Waals surface area contributed by atoms with Crippen molar-refractivity contribution in [1.29, 1.82) is 5.26 Å². The third-order valence-electron chi connectivity index (χ3n) is 4.31. The molecule has 1 aromatic carbocycles. The highest BCUT2D eigenvalue weighted by molar-refractivity contribution is 7.89. The monoisotopic (exact) mass is 387 g/mol. The Hall–Kier alpha value is -2.70. The molecule has 3 rings (SSSR count). The predicted molar refractivity (Wildman–Crippen MR) is 99.9 cm³/mol. The smallest absolute Gasteiger partial charge is 0.257 e. The average molecular weight is 387 g/mol. The summed E-state index contributed by atoms with van der Waals surface area (Å²) in [5.41, 5.74) is 0.424. The molecule has 0 aliphatic carbocycles. The molecule has 1 aliphatic rings. The number of nitrogens with zero attached hydrogens (tertiary/aromatic N) is 5. The maximum atomic E-state index is 12.9. The van der Waals surface area contributed by atoms with E-state index in [4.69, 9.17) is 10.00 Å². The molecule has 0 bridgehead atoms. The fourth-order valence-corrected chi connectivity index (χ4v) is 4.45. The van der Waals surface area contributed by atoms with Crippen molar-refractivity contribution in [3.63, 3.8) is 0 Å². The lowest BCUT2D eigenvalue weighted by atomic mass is 10.1. The minimum Gasteiger partial charge on any atom is -0.470 e. The summed E-state index contributed by atoms with van der Waals surface area (Å²) in [4.78, 5) is 10.5. The summed E-state index contributed by atoms with van der Waals surface area (Å²) in [5.74, 6) is 0.995. The van der Waals surface area contributed by atoms with E-state index in [0.29, 0.717) is 30.2 Å². The third kappa shape index (κ3) is 4.18. The number of sulfonamides is 1. The highest BCUT2D eigenvalue weighted by Crippen LogP contribution is 2.26. The van der Waals surface area contributed by atoms with E-state index in [1.54, 1.807) is 17.3 Å². The Kier molecular flexibility index (Phi) is 5.58. The average Bonchev–Trinajstić information content (AvgIpc) is 2.68. The highest BCUT2D eigenvalue weighted by atomic mass is 32.2. The number of rotatable bonds is 5. The summed E-state index contributed by atoms with van der Waals surface area (Å²) >= 11 is 0. The molecule has 1 atom stereocenters. The molecule has 142 valence electrons. The summed E-state index contributed by atoms with van der Waals surface area (Å²) in [6.07, 6.45) is 4.27. The van der Waals surface area contributed by atoms with Crippen molar-refractivity contribution in [2.75, 3.05) is 32.1 Å². The van der Waals surface area contributed by atoms with Crippen LogP contribution in [0.5, 0.6) is 5.88 Å². The molecule has 0 spiro atoms. The van der Waals surface area contributed by atoms with Crippen molar-refractivity contribution in [2.24, 2.45) is 0 Å². The molecule has 27 heavy (non-hydrogen) atoms. The number of ether oxygens (including phenoxy) is 1. The summed E-state index contributed by atoms with van der Waals surface area (Å²) < 4.78 is 33.2. The van der Waals surface area contributed by atoms with Gasteiger partial charge in [0, 0.05) is 33.0 Å². The second kappa shape index (κ2) is 7.90. The maximum Gasteiger partial charge on any atom is 0.257 e. The number of piperidine rings is 1. The Bertz CT molecular complexity index is 938. The molecule has 1 aromatic heterocycles.